The summed E-state index contributed by atoms with van der Waals surface area (Å²) in [6, 6.07) is 12.2. The van der Waals surface area contributed by atoms with E-state index in [4.69, 9.17) is 23.8 Å². The van der Waals surface area contributed by atoms with Gasteiger partial charge in [0.15, 0.2) is 5.11 Å². The van der Waals surface area contributed by atoms with Crippen LogP contribution >= 0.6 is 23.8 Å². The molecule has 0 bridgehead atoms. The molecule has 2 aromatic rings. The van der Waals surface area contributed by atoms with E-state index in [1.807, 2.05) is 6.92 Å². The summed E-state index contributed by atoms with van der Waals surface area (Å²) in [4.78, 5) is 25.8. The van der Waals surface area contributed by atoms with Crippen LogP contribution in [0.15, 0.2) is 48.2 Å². The van der Waals surface area contributed by atoms with Crippen LogP contribution in [0.25, 0.3) is 6.08 Å². The number of rotatable bonds is 3. The number of thiocarbonyl (C=S) groups is 1. The summed E-state index contributed by atoms with van der Waals surface area (Å²) in [6.07, 6.45) is 1.70. The van der Waals surface area contributed by atoms with Crippen molar-refractivity contribution in [3.8, 4) is 0 Å². The summed E-state index contributed by atoms with van der Waals surface area (Å²) < 4.78 is 0. The van der Waals surface area contributed by atoms with Crippen molar-refractivity contribution in [2.75, 3.05) is 11.9 Å². The fourth-order valence-corrected chi connectivity index (χ4v) is 3.18. The molecule has 0 radical (unpaired) electrons. The Hall–Kier alpha value is -2.70. The van der Waals surface area contributed by atoms with Crippen molar-refractivity contribution < 1.29 is 9.59 Å². The van der Waals surface area contributed by atoms with E-state index in [2.05, 4.69) is 10.6 Å². The Balaban J connectivity index is 1.88. The minimum atomic E-state index is -0.240. The molecule has 7 heteroatoms. The van der Waals surface area contributed by atoms with E-state index in [0.717, 1.165) is 11.1 Å². The normalized spacial score (nSPS) is 15.3. The molecule has 0 spiro atoms. The molecule has 2 amide bonds. The Kier molecular flexibility index (Phi) is 5.06. The monoisotopic (exact) mass is 385 g/mol. The molecule has 0 saturated carbocycles. The lowest BCUT2D eigenvalue weighted by molar-refractivity contribution is -0.113. The molecule has 3 rings (SSSR count). The van der Waals surface area contributed by atoms with Crippen molar-refractivity contribution in [3.63, 3.8) is 0 Å². The van der Waals surface area contributed by atoms with E-state index in [0.29, 0.717) is 27.1 Å². The number of carbonyl (C=O) groups is 2. The summed E-state index contributed by atoms with van der Waals surface area (Å²) in [6.45, 7) is 1.87. The van der Waals surface area contributed by atoms with Crippen molar-refractivity contribution in [1.29, 1.82) is 0 Å². The quantitative estimate of drug-likeness (QED) is 0.628. The van der Waals surface area contributed by atoms with Crippen LogP contribution in [-0.4, -0.2) is 24.0 Å². The minimum Gasteiger partial charge on any atom is -0.355 e. The van der Waals surface area contributed by atoms with Crippen molar-refractivity contribution in [2.45, 2.75) is 6.92 Å². The van der Waals surface area contributed by atoms with E-state index in [1.165, 1.54) is 4.90 Å². The van der Waals surface area contributed by atoms with Gasteiger partial charge in [0.1, 0.15) is 5.70 Å². The van der Waals surface area contributed by atoms with Gasteiger partial charge in [-0.3, -0.25) is 14.5 Å². The van der Waals surface area contributed by atoms with E-state index in [9.17, 15) is 9.59 Å². The van der Waals surface area contributed by atoms with E-state index in [-0.39, 0.29) is 11.8 Å². The third-order valence-electron chi connectivity index (χ3n) is 3.99. The number of anilines is 1. The summed E-state index contributed by atoms with van der Waals surface area (Å²) >= 11 is 11.3. The van der Waals surface area contributed by atoms with Crippen LogP contribution in [0.2, 0.25) is 5.02 Å². The predicted octanol–water partition coefficient (Wildman–Crippen LogP) is 3.27. The topological polar surface area (TPSA) is 61.4 Å². The lowest BCUT2D eigenvalue weighted by Gasteiger charge is -2.16. The van der Waals surface area contributed by atoms with Gasteiger partial charge in [-0.2, -0.15) is 0 Å². The SMILES string of the molecule is CNC(=O)c1ccc(C=C2NC(=S)N(c3ccc(Cl)cc3C)C2=O)cc1. The highest BCUT2D eigenvalue weighted by Crippen LogP contribution is 2.28. The molecule has 1 aliphatic heterocycles. The first-order valence-electron chi connectivity index (χ1n) is 7.86. The Labute approximate surface area is 161 Å². The molecule has 1 heterocycles. The largest absolute Gasteiger partial charge is 0.355 e. The van der Waals surface area contributed by atoms with E-state index in [1.54, 1.807) is 55.6 Å². The summed E-state index contributed by atoms with van der Waals surface area (Å²) in [7, 11) is 1.58. The molecule has 1 saturated heterocycles. The third-order valence-corrected chi connectivity index (χ3v) is 4.51. The number of aryl methyl sites for hydroxylation is 1. The van der Waals surface area contributed by atoms with Crippen LogP contribution in [0.3, 0.4) is 0 Å². The highest BCUT2D eigenvalue weighted by atomic mass is 35.5. The molecule has 0 unspecified atom stereocenters. The maximum Gasteiger partial charge on any atom is 0.281 e. The smallest absolute Gasteiger partial charge is 0.281 e. The molecule has 0 atom stereocenters. The van der Waals surface area contributed by atoms with Crippen LogP contribution in [0.4, 0.5) is 5.69 Å². The van der Waals surface area contributed by atoms with Crippen LogP contribution in [0, 0.1) is 6.92 Å². The molecule has 1 aliphatic rings. The van der Waals surface area contributed by atoms with Gasteiger partial charge in [-0.15, -0.1) is 0 Å². The van der Waals surface area contributed by atoms with Gasteiger partial charge >= 0.3 is 0 Å². The number of benzene rings is 2. The third kappa shape index (κ3) is 3.47. The van der Waals surface area contributed by atoms with Gasteiger partial charge in [0.2, 0.25) is 0 Å². The van der Waals surface area contributed by atoms with Crippen molar-refractivity contribution in [2.24, 2.45) is 0 Å². The average Bonchev–Trinajstić information content (AvgIpc) is 2.89. The summed E-state index contributed by atoms with van der Waals surface area (Å²) in [5, 5.41) is 6.43. The van der Waals surface area contributed by atoms with Crippen molar-refractivity contribution >= 4 is 52.5 Å². The molecular formula is C19H16ClN3O2S. The first-order chi connectivity index (χ1) is 12.4. The predicted molar refractivity (Wildman–Crippen MR) is 107 cm³/mol. The molecule has 132 valence electrons. The Morgan fingerprint density at radius 3 is 2.54 bits per heavy atom. The van der Waals surface area contributed by atoms with Crippen molar-refractivity contribution in [1.82, 2.24) is 10.6 Å². The molecule has 1 fully saturated rings. The van der Waals surface area contributed by atoms with E-state index >= 15 is 0 Å². The van der Waals surface area contributed by atoms with Crippen LogP contribution < -0.4 is 15.5 Å². The molecule has 0 aliphatic carbocycles. The zero-order valence-electron chi connectivity index (χ0n) is 14.2. The number of amides is 2. The van der Waals surface area contributed by atoms with Gasteiger partial charge in [0.05, 0.1) is 5.69 Å². The summed E-state index contributed by atoms with van der Waals surface area (Å²) in [5.74, 6) is -0.402. The molecule has 26 heavy (non-hydrogen) atoms. The van der Waals surface area contributed by atoms with Gasteiger partial charge in [-0.1, -0.05) is 23.7 Å². The Bertz CT molecular complexity index is 938. The number of halogens is 1. The second-order valence-electron chi connectivity index (χ2n) is 5.76. The molecule has 2 aromatic carbocycles. The van der Waals surface area contributed by atoms with Crippen LogP contribution in [0.5, 0.6) is 0 Å². The Morgan fingerprint density at radius 2 is 1.92 bits per heavy atom. The standard InChI is InChI=1S/C19H16ClN3O2S/c1-11-9-14(20)7-8-16(11)23-18(25)15(22-19(23)26)10-12-3-5-13(6-4-12)17(24)21-2/h3-10H,1-2H3,(H,21,24)(H,22,26). The molecule has 2 N–H and O–H groups in total. The van der Waals surface area contributed by atoms with Gasteiger partial charge in [0.25, 0.3) is 11.8 Å². The van der Waals surface area contributed by atoms with Gasteiger partial charge in [0, 0.05) is 17.6 Å². The Morgan fingerprint density at radius 1 is 1.23 bits per heavy atom. The molecule has 5 nitrogen and oxygen atoms in total. The highest BCUT2D eigenvalue weighted by Gasteiger charge is 2.32. The second-order valence-corrected chi connectivity index (χ2v) is 6.58. The van der Waals surface area contributed by atoms with Crippen molar-refractivity contribution in [3.05, 3.63) is 69.9 Å². The fourth-order valence-electron chi connectivity index (χ4n) is 2.67. The van der Waals surface area contributed by atoms with E-state index < -0.39 is 0 Å². The first-order valence-corrected chi connectivity index (χ1v) is 8.65. The van der Waals surface area contributed by atoms with Crippen LogP contribution in [-0.2, 0) is 4.79 Å². The second kappa shape index (κ2) is 7.27. The van der Waals surface area contributed by atoms with Crippen LogP contribution in [0.1, 0.15) is 21.5 Å². The zero-order chi connectivity index (χ0) is 18.8. The maximum atomic E-state index is 12.8. The zero-order valence-corrected chi connectivity index (χ0v) is 15.7. The highest BCUT2D eigenvalue weighted by molar-refractivity contribution is 7.80. The average molecular weight is 386 g/mol. The lowest BCUT2D eigenvalue weighted by atomic mass is 10.1. The summed E-state index contributed by atoms with van der Waals surface area (Å²) in [5.41, 5.74) is 3.25. The van der Waals surface area contributed by atoms with Gasteiger partial charge < -0.3 is 10.6 Å². The molecular weight excluding hydrogens is 370 g/mol. The first kappa shape index (κ1) is 18.1. The number of nitrogens with zero attached hydrogens (tertiary/aromatic N) is 1. The number of carbonyl (C=O) groups excluding carboxylic acids is 2. The fraction of sp³-hybridized carbons (Fsp3) is 0.105. The lowest BCUT2D eigenvalue weighted by Crippen LogP contribution is -2.30. The molecule has 0 aromatic heterocycles. The number of nitrogens with one attached hydrogen (secondary N) is 2. The van der Waals surface area contributed by atoms with Gasteiger partial charge in [-0.25, -0.2) is 0 Å². The van der Waals surface area contributed by atoms with Gasteiger partial charge in [-0.05, 0) is 66.7 Å². The number of hydrogen-bond donors (Lipinski definition) is 2. The number of hydrogen-bond acceptors (Lipinski definition) is 3. The minimum absolute atomic E-state index is 0.162. The maximum absolute atomic E-state index is 12.8.